The Balaban J connectivity index is 0.815. The maximum absolute atomic E-state index is 14.3. The molecule has 452 valence electrons. The van der Waals surface area contributed by atoms with Crippen molar-refractivity contribution in [3.63, 3.8) is 0 Å². The Morgan fingerprint density at radius 1 is 0.779 bits per heavy atom. The van der Waals surface area contributed by atoms with Crippen LogP contribution in [0.1, 0.15) is 51.4 Å². The fraction of sp³-hybridized carbons (Fsp3) is 0.333. The fourth-order valence-electron chi connectivity index (χ4n) is 9.33. The predicted molar refractivity (Wildman–Crippen MR) is 312 cm³/mol. The molecule has 86 heavy (non-hydrogen) atoms. The molecule has 26 nitrogen and oxygen atoms in total. The van der Waals surface area contributed by atoms with E-state index in [4.69, 9.17) is 23.7 Å². The van der Waals surface area contributed by atoms with Gasteiger partial charge in [-0.3, -0.25) is 33.7 Å². The number of alkyl carbamates (subject to hydrolysis) is 1. The fourth-order valence-corrected chi connectivity index (χ4v) is 9.33. The number of rotatable bonds is 26. The second kappa shape index (κ2) is 29.1. The number of hydrogen-bond donors (Lipinski definition) is 6. The van der Waals surface area contributed by atoms with Crippen molar-refractivity contribution in [3.8, 4) is 11.5 Å². The van der Waals surface area contributed by atoms with Crippen LogP contribution in [0.3, 0.4) is 0 Å². The highest BCUT2D eigenvalue weighted by Crippen LogP contribution is 2.42. The van der Waals surface area contributed by atoms with E-state index in [0.29, 0.717) is 52.2 Å². The van der Waals surface area contributed by atoms with Crippen LogP contribution in [-0.4, -0.2) is 180 Å². The van der Waals surface area contributed by atoms with E-state index in [9.17, 15) is 53.4 Å². The van der Waals surface area contributed by atoms with Crippen LogP contribution >= 0.6 is 0 Å². The van der Waals surface area contributed by atoms with Crippen LogP contribution in [0.5, 0.6) is 11.5 Å². The van der Waals surface area contributed by atoms with Gasteiger partial charge in [0.05, 0.1) is 57.5 Å². The summed E-state index contributed by atoms with van der Waals surface area (Å²) in [5.74, 6) is -2.99. The van der Waals surface area contributed by atoms with Gasteiger partial charge in [0.2, 0.25) is 11.8 Å². The maximum Gasteiger partial charge on any atom is 0.415 e. The van der Waals surface area contributed by atoms with Crippen molar-refractivity contribution in [2.75, 3.05) is 101 Å². The van der Waals surface area contributed by atoms with Crippen molar-refractivity contribution in [2.45, 2.75) is 39.8 Å². The lowest BCUT2D eigenvalue weighted by atomic mass is 9.97. The molecule has 2 aromatic heterocycles. The number of fused-ring (bicyclic) bond motifs is 4. The number of nitrogens with one attached hydrogen (secondary N) is 4. The molecule has 0 aliphatic carbocycles. The number of amides is 9. The van der Waals surface area contributed by atoms with E-state index in [0.717, 1.165) is 21.4 Å². The van der Waals surface area contributed by atoms with Crippen LogP contribution in [0.25, 0.3) is 16.4 Å². The third-order valence-corrected chi connectivity index (χ3v) is 13.9. The molecule has 2 aliphatic rings. The van der Waals surface area contributed by atoms with Crippen LogP contribution in [-0.2, 0) is 51.2 Å². The van der Waals surface area contributed by atoms with E-state index in [1.807, 2.05) is 25.1 Å². The second-order valence-corrected chi connectivity index (χ2v) is 20.3. The van der Waals surface area contributed by atoms with Crippen LogP contribution < -0.4 is 30.9 Å². The quantitative estimate of drug-likeness (QED) is 0.0314. The SMILES string of the molecule is Cc1cccc2c(OC(=O)N(CCOCCO)CCN(C)C(=O)OCc3ccc(NC(=O)CNC(=O)[C@@H](NC(=O)OCCOCCN4C(=O)C=CC4=O)C(C)C)cc3)cc3c(c12)CCN3C(=O)c1cn2cc(NC(=O)c3ccc(O)cc3)ccc2n1. The van der Waals surface area contributed by atoms with Gasteiger partial charge in [-0.2, -0.15) is 0 Å². The highest BCUT2D eigenvalue weighted by Gasteiger charge is 2.32. The number of ether oxygens (including phenoxy) is 5. The van der Waals surface area contributed by atoms with Gasteiger partial charge in [0, 0.05) is 80.5 Å². The van der Waals surface area contributed by atoms with Gasteiger partial charge in [0.1, 0.15) is 42.1 Å². The number of phenols is 1. The zero-order valence-electron chi connectivity index (χ0n) is 47.7. The van der Waals surface area contributed by atoms with E-state index < -0.39 is 66.3 Å². The molecule has 0 radical (unpaired) electrons. The molecule has 0 spiro atoms. The summed E-state index contributed by atoms with van der Waals surface area (Å²) < 4.78 is 29.3. The third-order valence-electron chi connectivity index (χ3n) is 13.9. The van der Waals surface area contributed by atoms with E-state index in [-0.39, 0.29) is 95.5 Å². The van der Waals surface area contributed by atoms with Gasteiger partial charge in [-0.05, 0) is 89.9 Å². The molecule has 8 rings (SSSR count). The number of aliphatic hydroxyl groups excluding tert-OH is 1. The van der Waals surface area contributed by atoms with Gasteiger partial charge < -0.3 is 74.3 Å². The summed E-state index contributed by atoms with van der Waals surface area (Å²) in [5, 5.41) is 30.9. The van der Waals surface area contributed by atoms with Gasteiger partial charge >= 0.3 is 18.3 Å². The first-order valence-electron chi connectivity index (χ1n) is 27.6. The molecule has 1 atom stereocenters. The van der Waals surface area contributed by atoms with Crippen molar-refractivity contribution in [3.05, 3.63) is 137 Å². The van der Waals surface area contributed by atoms with Gasteiger partial charge in [-0.15, -0.1) is 0 Å². The molecule has 6 aromatic rings. The summed E-state index contributed by atoms with van der Waals surface area (Å²) in [6.07, 6.45) is 3.71. The Bertz CT molecular complexity index is 3520. The maximum atomic E-state index is 14.3. The molecule has 0 bridgehead atoms. The highest BCUT2D eigenvalue weighted by molar-refractivity contribution is 6.13. The number of anilines is 3. The third kappa shape index (κ3) is 16.0. The molecule has 9 amide bonds. The van der Waals surface area contributed by atoms with Crippen LogP contribution in [0.4, 0.5) is 31.4 Å². The van der Waals surface area contributed by atoms with E-state index in [1.165, 1.54) is 53.3 Å². The smallest absolute Gasteiger partial charge is 0.415 e. The summed E-state index contributed by atoms with van der Waals surface area (Å²) >= 11 is 0. The lowest BCUT2D eigenvalue weighted by Crippen LogP contribution is -2.51. The zero-order chi connectivity index (χ0) is 61.4. The van der Waals surface area contributed by atoms with Crippen molar-refractivity contribution in [1.82, 2.24) is 34.7 Å². The molecule has 0 unspecified atom stereocenters. The first-order chi connectivity index (χ1) is 41.4. The number of imide groups is 1. The summed E-state index contributed by atoms with van der Waals surface area (Å²) in [7, 11) is 1.50. The summed E-state index contributed by atoms with van der Waals surface area (Å²) in [4.78, 5) is 126. The Morgan fingerprint density at radius 3 is 2.24 bits per heavy atom. The van der Waals surface area contributed by atoms with Crippen LogP contribution in [0, 0.1) is 12.8 Å². The largest absolute Gasteiger partial charge is 0.508 e. The number of pyridine rings is 1. The Hall–Kier alpha value is -9.92. The number of likely N-dealkylation sites (N-methyl/N-ethyl adjacent to an activating group) is 1. The van der Waals surface area contributed by atoms with Crippen LogP contribution in [0.2, 0.25) is 0 Å². The number of benzene rings is 4. The summed E-state index contributed by atoms with van der Waals surface area (Å²) in [6, 6.07) is 21.8. The average molecular weight is 1180 g/mol. The Labute approximate surface area is 493 Å². The standard InChI is InChI=1S/C60H66N10O16/c1-37(2)54(65-58(79)84-31-30-83-28-25-70-51(74)18-19-52(70)75)56(77)61-33-50(73)62-41-12-8-39(9-13-41)36-85-59(80)66(4)22-23-67(24-27-82-29-26-71)60(81)86-48-32-47-44(53-38(3)6-5-7-45(48)53)20-21-69(47)57(78)46-35-68-34-42(14-17-49(68)64-46)63-55(76)40-10-15-43(72)16-11-40/h5-19,32,34-35,37,54,71-72H,20-31,33,36H2,1-4H3,(H,61,77)(H,62,73)(H,63,76)(H,65,79)/t54-/m0/s1. The number of aliphatic hydroxyl groups is 1. The number of phenolic OH excluding ortho intramolecular Hbond substituents is 1. The lowest BCUT2D eigenvalue weighted by molar-refractivity contribution is -0.137. The number of nitrogens with zero attached hydrogens (tertiary/aromatic N) is 6. The summed E-state index contributed by atoms with van der Waals surface area (Å²) in [5.41, 5.74) is 4.70. The molecule has 4 heterocycles. The van der Waals surface area contributed by atoms with Gasteiger partial charge in [-0.25, -0.2) is 19.4 Å². The van der Waals surface area contributed by atoms with Gasteiger partial charge in [0.25, 0.3) is 23.6 Å². The second-order valence-electron chi connectivity index (χ2n) is 20.3. The zero-order valence-corrected chi connectivity index (χ0v) is 47.7. The molecule has 4 aromatic carbocycles. The minimum atomic E-state index is -1.04. The van der Waals surface area contributed by atoms with Crippen molar-refractivity contribution in [2.24, 2.45) is 5.92 Å². The number of aromatic nitrogens is 2. The number of hydrogen-bond acceptors (Lipinski definition) is 17. The highest BCUT2D eigenvalue weighted by atomic mass is 16.6. The Morgan fingerprint density at radius 2 is 1.51 bits per heavy atom. The van der Waals surface area contributed by atoms with E-state index >= 15 is 0 Å². The number of aryl methyl sites for hydroxylation is 1. The minimum absolute atomic E-state index is 0.00917. The molecule has 0 fully saturated rings. The van der Waals surface area contributed by atoms with Crippen molar-refractivity contribution in [1.29, 1.82) is 0 Å². The monoisotopic (exact) mass is 1180 g/mol. The molecule has 2 aliphatic heterocycles. The van der Waals surface area contributed by atoms with Gasteiger partial charge in [-0.1, -0.05) is 44.2 Å². The lowest BCUT2D eigenvalue weighted by Gasteiger charge is -2.26. The molecule has 0 saturated heterocycles. The van der Waals surface area contributed by atoms with Crippen molar-refractivity contribution < 1.29 is 77.0 Å². The van der Waals surface area contributed by atoms with Crippen molar-refractivity contribution >= 4 is 87.2 Å². The first kappa shape index (κ1) is 62.1. The normalized spacial score (nSPS) is 13.0. The minimum Gasteiger partial charge on any atom is -0.508 e. The van der Waals surface area contributed by atoms with E-state index in [1.54, 1.807) is 78.0 Å². The molecule has 26 heteroatoms. The Kier molecular flexibility index (Phi) is 21.0. The molecular weight excluding hydrogens is 1120 g/mol. The number of carbonyl (C=O) groups excluding carboxylic acids is 9. The number of carbonyl (C=O) groups is 9. The first-order valence-corrected chi connectivity index (χ1v) is 27.6. The van der Waals surface area contributed by atoms with Crippen LogP contribution in [0.15, 0.2) is 109 Å². The van der Waals surface area contributed by atoms with Gasteiger partial charge in [0.15, 0.2) is 0 Å². The predicted octanol–water partition coefficient (Wildman–Crippen LogP) is 4.78. The molecular formula is C60H66N10O16. The number of imidazole rings is 1. The van der Waals surface area contributed by atoms with E-state index in [2.05, 4.69) is 26.3 Å². The molecule has 6 N–H and O–H groups in total. The average Bonchev–Trinajstić information content (AvgIpc) is 1.85. The summed E-state index contributed by atoms with van der Waals surface area (Å²) in [6.45, 7) is 4.85. The molecule has 0 saturated carbocycles. The number of aromatic hydroxyl groups is 1. The topological polar surface area (TPSA) is 319 Å².